The zero-order chi connectivity index (χ0) is 27.3. The van der Waals surface area contributed by atoms with Crippen LogP contribution in [-0.2, 0) is 20.8 Å². The summed E-state index contributed by atoms with van der Waals surface area (Å²) in [6.07, 6.45) is 1.96. The lowest BCUT2D eigenvalue weighted by atomic mass is 10.1. The number of nitrogens with zero attached hydrogens (tertiary/aromatic N) is 1. The van der Waals surface area contributed by atoms with E-state index in [1.54, 1.807) is 43.3 Å². The highest BCUT2D eigenvalue weighted by Gasteiger charge is 2.12. The Balaban J connectivity index is 1.50. The van der Waals surface area contributed by atoms with Crippen molar-refractivity contribution >= 4 is 52.8 Å². The van der Waals surface area contributed by atoms with Gasteiger partial charge >= 0.3 is 11.8 Å². The normalized spacial score (nSPS) is 10.6. The third-order valence-electron chi connectivity index (χ3n) is 4.90. The van der Waals surface area contributed by atoms with Crippen LogP contribution in [0.3, 0.4) is 0 Å². The molecule has 0 bridgehead atoms. The quantitative estimate of drug-likeness (QED) is 0.185. The van der Waals surface area contributed by atoms with E-state index < -0.39 is 17.7 Å². The number of nitrogens with one attached hydrogen (secondary N) is 3. The second-order valence-corrected chi connectivity index (χ2v) is 8.70. The number of hydrazone groups is 1. The number of benzene rings is 3. The van der Waals surface area contributed by atoms with Crippen molar-refractivity contribution in [2.24, 2.45) is 5.10 Å². The molecule has 0 spiro atoms. The van der Waals surface area contributed by atoms with Gasteiger partial charge in [-0.2, -0.15) is 5.10 Å². The van der Waals surface area contributed by atoms with Crippen molar-refractivity contribution in [2.45, 2.75) is 13.3 Å². The van der Waals surface area contributed by atoms with Crippen molar-refractivity contribution in [2.75, 3.05) is 25.1 Å². The summed E-state index contributed by atoms with van der Waals surface area (Å²) in [6, 6.07) is 19.2. The molecular weight excluding hydrogens is 531 g/mol. The highest BCUT2D eigenvalue weighted by molar-refractivity contribution is 6.35. The fraction of sp³-hybridized carbons (Fsp3) is 0.185. The second-order valence-electron chi connectivity index (χ2n) is 7.82. The van der Waals surface area contributed by atoms with E-state index in [4.69, 9.17) is 32.7 Å². The Kier molecular flexibility index (Phi) is 11.0. The number of carbonyl (C=O) groups is 3. The number of anilines is 1. The lowest BCUT2D eigenvalue weighted by molar-refractivity contribution is -0.139. The first-order chi connectivity index (χ1) is 18.3. The van der Waals surface area contributed by atoms with Gasteiger partial charge in [-0.3, -0.25) is 14.4 Å². The first-order valence-corrected chi connectivity index (χ1v) is 12.4. The number of carbonyl (C=O) groups excluding carboxylic acids is 3. The van der Waals surface area contributed by atoms with E-state index in [1.165, 1.54) is 6.21 Å². The Hall–Kier alpha value is -4.08. The molecule has 9 nitrogen and oxygen atoms in total. The lowest BCUT2D eigenvalue weighted by Crippen LogP contribution is -2.38. The molecule has 198 valence electrons. The molecule has 11 heteroatoms. The second kappa shape index (κ2) is 14.6. The molecule has 3 aromatic carbocycles. The minimum Gasteiger partial charge on any atom is -0.490 e. The van der Waals surface area contributed by atoms with Gasteiger partial charge in [-0.15, -0.1) is 0 Å². The average molecular weight is 557 g/mol. The monoisotopic (exact) mass is 556 g/mol. The van der Waals surface area contributed by atoms with Crippen molar-refractivity contribution in [3.8, 4) is 11.5 Å². The van der Waals surface area contributed by atoms with Crippen LogP contribution in [0.25, 0.3) is 0 Å². The largest absolute Gasteiger partial charge is 0.490 e. The average Bonchev–Trinajstić information content (AvgIpc) is 2.88. The number of rotatable bonds is 11. The number of amides is 3. The minimum absolute atomic E-state index is 0.285. The van der Waals surface area contributed by atoms with Crippen LogP contribution in [0.5, 0.6) is 11.5 Å². The SMILES string of the molecule is CCOc1cc(C=NNC(=O)C(=O)NCCc2ccccc2)ccc1OCC(=O)Nc1cc(Cl)cc(Cl)c1. The number of hydrogen-bond donors (Lipinski definition) is 3. The van der Waals surface area contributed by atoms with Crippen LogP contribution >= 0.6 is 23.2 Å². The van der Waals surface area contributed by atoms with Gasteiger partial charge in [0, 0.05) is 22.3 Å². The zero-order valence-corrected chi connectivity index (χ0v) is 22.0. The summed E-state index contributed by atoms with van der Waals surface area (Å²) >= 11 is 11.9. The van der Waals surface area contributed by atoms with Crippen LogP contribution in [0.15, 0.2) is 71.8 Å². The predicted octanol–water partition coefficient (Wildman–Crippen LogP) is 4.22. The molecule has 3 amide bonds. The van der Waals surface area contributed by atoms with Crippen LogP contribution in [-0.4, -0.2) is 43.7 Å². The van der Waals surface area contributed by atoms with Crippen molar-refractivity contribution < 1.29 is 23.9 Å². The number of hydrogen-bond acceptors (Lipinski definition) is 6. The molecule has 0 fully saturated rings. The summed E-state index contributed by atoms with van der Waals surface area (Å²) in [5.41, 5.74) is 4.26. The number of ether oxygens (including phenoxy) is 2. The molecule has 3 N–H and O–H groups in total. The smallest absolute Gasteiger partial charge is 0.329 e. The van der Waals surface area contributed by atoms with Gasteiger partial charge in [-0.05, 0) is 60.9 Å². The Morgan fingerprint density at radius 3 is 2.34 bits per heavy atom. The van der Waals surface area contributed by atoms with Gasteiger partial charge < -0.3 is 20.1 Å². The maximum Gasteiger partial charge on any atom is 0.329 e. The van der Waals surface area contributed by atoms with E-state index in [0.29, 0.717) is 52.4 Å². The minimum atomic E-state index is -0.883. The Bertz CT molecular complexity index is 1280. The van der Waals surface area contributed by atoms with E-state index in [1.807, 2.05) is 30.3 Å². The molecule has 3 rings (SSSR count). The maximum atomic E-state index is 12.3. The van der Waals surface area contributed by atoms with Crippen molar-refractivity contribution in [3.63, 3.8) is 0 Å². The Morgan fingerprint density at radius 1 is 0.895 bits per heavy atom. The summed E-state index contributed by atoms with van der Waals surface area (Å²) in [5, 5.41) is 9.82. The Morgan fingerprint density at radius 2 is 1.63 bits per heavy atom. The molecular formula is C27H26Cl2N4O5. The summed E-state index contributed by atoms with van der Waals surface area (Å²) in [7, 11) is 0. The van der Waals surface area contributed by atoms with Crippen LogP contribution in [0.1, 0.15) is 18.1 Å². The Labute approximate surface area is 230 Å². The highest BCUT2D eigenvalue weighted by Crippen LogP contribution is 2.28. The van der Waals surface area contributed by atoms with Crippen LogP contribution in [0.2, 0.25) is 10.0 Å². The van der Waals surface area contributed by atoms with Crippen molar-refractivity contribution in [1.29, 1.82) is 0 Å². The number of halogens is 2. The molecule has 0 unspecified atom stereocenters. The summed E-state index contributed by atoms with van der Waals surface area (Å²) in [5.74, 6) is -1.37. The van der Waals surface area contributed by atoms with E-state index in [2.05, 4.69) is 21.2 Å². The maximum absolute atomic E-state index is 12.3. The standard InChI is InChI=1S/C27H26Cl2N4O5/c1-2-37-24-12-19(16-31-33-27(36)26(35)30-11-10-18-6-4-3-5-7-18)8-9-23(24)38-17-25(34)32-22-14-20(28)13-21(29)15-22/h3-9,12-16H,2,10-11,17H2,1H3,(H,30,35)(H,32,34)(H,33,36). The zero-order valence-electron chi connectivity index (χ0n) is 20.5. The molecule has 0 saturated heterocycles. The molecule has 0 aliphatic rings. The van der Waals surface area contributed by atoms with Gasteiger partial charge in [-0.1, -0.05) is 53.5 Å². The molecule has 0 saturated carbocycles. The van der Waals surface area contributed by atoms with Gasteiger partial charge in [-0.25, -0.2) is 5.43 Å². The molecule has 38 heavy (non-hydrogen) atoms. The first kappa shape index (κ1) is 28.5. The predicted molar refractivity (Wildman–Crippen MR) is 147 cm³/mol. The van der Waals surface area contributed by atoms with Gasteiger partial charge in [0.2, 0.25) is 0 Å². The molecule has 0 atom stereocenters. The van der Waals surface area contributed by atoms with E-state index in [0.717, 1.165) is 5.56 Å². The first-order valence-electron chi connectivity index (χ1n) is 11.6. The summed E-state index contributed by atoms with van der Waals surface area (Å²) < 4.78 is 11.2. The van der Waals surface area contributed by atoms with E-state index >= 15 is 0 Å². The summed E-state index contributed by atoms with van der Waals surface area (Å²) in [6.45, 7) is 2.19. The van der Waals surface area contributed by atoms with Gasteiger partial charge in [0.05, 0.1) is 12.8 Å². The summed E-state index contributed by atoms with van der Waals surface area (Å²) in [4.78, 5) is 36.2. The van der Waals surface area contributed by atoms with Crippen molar-refractivity contribution in [1.82, 2.24) is 10.7 Å². The van der Waals surface area contributed by atoms with Crippen molar-refractivity contribution in [3.05, 3.63) is 87.9 Å². The van der Waals surface area contributed by atoms with Crippen LogP contribution < -0.4 is 25.5 Å². The molecule has 0 aliphatic heterocycles. The lowest BCUT2D eigenvalue weighted by Gasteiger charge is -2.13. The van der Waals surface area contributed by atoms with E-state index in [9.17, 15) is 14.4 Å². The molecule has 0 radical (unpaired) electrons. The third kappa shape index (κ3) is 9.42. The van der Waals surface area contributed by atoms with Gasteiger partial charge in [0.15, 0.2) is 18.1 Å². The molecule has 3 aromatic rings. The van der Waals surface area contributed by atoms with Crippen LogP contribution in [0.4, 0.5) is 5.69 Å². The molecule has 0 aromatic heterocycles. The van der Waals surface area contributed by atoms with E-state index in [-0.39, 0.29) is 6.61 Å². The van der Waals surface area contributed by atoms with Gasteiger partial charge in [0.25, 0.3) is 5.91 Å². The fourth-order valence-electron chi connectivity index (χ4n) is 3.22. The molecule has 0 aliphatic carbocycles. The van der Waals surface area contributed by atoms with Crippen LogP contribution in [0, 0.1) is 0 Å². The third-order valence-corrected chi connectivity index (χ3v) is 5.34. The fourth-order valence-corrected chi connectivity index (χ4v) is 3.75. The topological polar surface area (TPSA) is 118 Å². The van der Waals surface area contributed by atoms with Gasteiger partial charge in [0.1, 0.15) is 0 Å². The highest BCUT2D eigenvalue weighted by atomic mass is 35.5. The molecule has 0 heterocycles.